The molecule has 2 atom stereocenters. The van der Waals surface area contributed by atoms with Crippen LogP contribution in [0.2, 0.25) is 0 Å². The number of likely N-dealkylation sites (tertiary alicyclic amines) is 1. The Kier molecular flexibility index (Phi) is 6.18. The van der Waals surface area contributed by atoms with Gasteiger partial charge in [0.2, 0.25) is 0 Å². The van der Waals surface area contributed by atoms with E-state index < -0.39 is 0 Å². The molecule has 1 heterocycles. The van der Waals surface area contributed by atoms with Crippen LogP contribution in [-0.4, -0.2) is 30.3 Å². The average molecular weight is 277 g/mol. The van der Waals surface area contributed by atoms with Crippen molar-refractivity contribution in [2.75, 3.05) is 19.6 Å². The maximum atomic E-state index is 11.0. The third-order valence-electron chi connectivity index (χ3n) is 4.89. The van der Waals surface area contributed by atoms with Crippen LogP contribution in [0, 0.1) is 60.9 Å². The first-order valence-corrected chi connectivity index (χ1v) is 7.15. The normalized spacial score (nSPS) is 30.8. The van der Waals surface area contributed by atoms with Gasteiger partial charge in [-0.05, 0) is 42.9 Å². The molecule has 0 amide bonds. The van der Waals surface area contributed by atoms with E-state index >= 15 is 0 Å². The average Bonchev–Trinajstić information content (AvgIpc) is 2.69. The van der Waals surface area contributed by atoms with Gasteiger partial charge in [0.25, 0.3) is 0 Å². The molecule has 1 aliphatic heterocycles. The van der Waals surface area contributed by atoms with Gasteiger partial charge in [0.05, 0.1) is 0 Å². The molecule has 2 fully saturated rings. The minimum Gasteiger partial charge on any atom is -0.302 e. The molecule has 2 aliphatic rings. The van der Waals surface area contributed by atoms with Gasteiger partial charge in [0, 0.05) is 63.8 Å². The molecule has 0 aromatic rings. The third kappa shape index (κ3) is 4.19. The van der Waals surface area contributed by atoms with Crippen LogP contribution in [0.5, 0.6) is 0 Å². The SMILES string of the molecule is CCC(C)(C)CN1CC2C(CCC(C)=O)C2C1.[Ar]. The second-order valence-electron chi connectivity index (χ2n) is 6.94. The Morgan fingerprint density at radius 2 is 1.83 bits per heavy atom. The number of hydrogen-bond donors (Lipinski definition) is 0. The molecule has 0 aromatic carbocycles. The summed E-state index contributed by atoms with van der Waals surface area (Å²) >= 11 is 0. The van der Waals surface area contributed by atoms with E-state index in [0.717, 1.165) is 30.6 Å². The first-order valence-electron chi connectivity index (χ1n) is 7.15. The van der Waals surface area contributed by atoms with E-state index in [-0.39, 0.29) is 37.7 Å². The van der Waals surface area contributed by atoms with Gasteiger partial charge < -0.3 is 9.69 Å². The van der Waals surface area contributed by atoms with Gasteiger partial charge in [-0.3, -0.25) is 0 Å². The van der Waals surface area contributed by atoms with Gasteiger partial charge in [0.15, 0.2) is 0 Å². The van der Waals surface area contributed by atoms with Crippen molar-refractivity contribution in [3.05, 3.63) is 0 Å². The fourth-order valence-electron chi connectivity index (χ4n) is 3.38. The number of piperidine rings is 1. The van der Waals surface area contributed by atoms with Crippen molar-refractivity contribution in [1.29, 1.82) is 0 Å². The second kappa shape index (κ2) is 6.56. The first-order chi connectivity index (χ1) is 7.93. The summed E-state index contributed by atoms with van der Waals surface area (Å²) in [4.78, 5) is 13.6. The molecule has 0 spiro atoms. The van der Waals surface area contributed by atoms with Gasteiger partial charge in [-0.2, -0.15) is 0 Å². The Balaban J connectivity index is 0.00000162. The van der Waals surface area contributed by atoms with E-state index in [1.165, 1.54) is 26.1 Å². The number of Topliss-reactive ketones (excluding diaryl/α,β-unsaturated/α-hetero) is 1. The zero-order chi connectivity index (χ0) is 12.6. The summed E-state index contributed by atoms with van der Waals surface area (Å²) < 4.78 is 0. The summed E-state index contributed by atoms with van der Waals surface area (Å²) in [6.45, 7) is 12.6. The van der Waals surface area contributed by atoms with E-state index in [2.05, 4.69) is 25.7 Å². The van der Waals surface area contributed by atoms with Crippen molar-refractivity contribution in [1.82, 2.24) is 4.90 Å². The molecule has 1 saturated heterocycles. The number of ketones is 1. The maximum Gasteiger partial charge on any atom is 0.129 e. The third-order valence-corrected chi connectivity index (χ3v) is 4.89. The molecule has 18 heavy (non-hydrogen) atoms. The monoisotopic (exact) mass is 277 g/mol. The van der Waals surface area contributed by atoms with E-state index in [1.54, 1.807) is 6.92 Å². The number of carbonyl (C=O) groups excluding carboxylic acids is 1. The molecular weight excluding hydrogens is 250 g/mol. The molecule has 1 aliphatic carbocycles. The van der Waals surface area contributed by atoms with Crippen LogP contribution in [-0.2, 0) is 4.79 Å². The molecule has 0 N–H and O–H groups in total. The van der Waals surface area contributed by atoms with E-state index in [9.17, 15) is 4.79 Å². The second-order valence-corrected chi connectivity index (χ2v) is 6.94. The topological polar surface area (TPSA) is 20.3 Å². The van der Waals surface area contributed by atoms with Crippen molar-refractivity contribution in [2.45, 2.75) is 47.0 Å². The number of rotatable bonds is 6. The minimum absolute atomic E-state index is 0. The number of hydrogen-bond acceptors (Lipinski definition) is 2. The predicted octanol–water partition coefficient (Wildman–Crippen LogP) is 2.97. The van der Waals surface area contributed by atoms with Crippen LogP contribution in [0.3, 0.4) is 0 Å². The number of nitrogens with zero attached hydrogens (tertiary/aromatic N) is 1. The predicted molar refractivity (Wildman–Crippen MR) is 70.9 cm³/mol. The van der Waals surface area contributed by atoms with Crippen LogP contribution in [0.25, 0.3) is 0 Å². The van der Waals surface area contributed by atoms with Crippen LogP contribution in [0.1, 0.15) is 47.0 Å². The zero-order valence-electron chi connectivity index (χ0n) is 12.2. The van der Waals surface area contributed by atoms with Crippen molar-refractivity contribution in [2.24, 2.45) is 23.2 Å². The molecule has 0 radical (unpaired) electrons. The zero-order valence-corrected chi connectivity index (χ0v) is 12.9. The Labute approximate surface area is 142 Å². The Morgan fingerprint density at radius 3 is 2.28 bits per heavy atom. The molecule has 0 aromatic heterocycles. The summed E-state index contributed by atoms with van der Waals surface area (Å²) in [6.07, 6.45) is 3.21. The van der Waals surface area contributed by atoms with Gasteiger partial charge in [0.1, 0.15) is 5.78 Å². The van der Waals surface area contributed by atoms with Crippen LogP contribution >= 0.6 is 0 Å². The van der Waals surface area contributed by atoms with Crippen molar-refractivity contribution < 1.29 is 42.5 Å². The molecule has 0 bridgehead atoms. The van der Waals surface area contributed by atoms with Crippen LogP contribution in [0.15, 0.2) is 0 Å². The first kappa shape index (κ1) is 16.9. The maximum absolute atomic E-state index is 11.0. The molecule has 1 saturated carbocycles. The summed E-state index contributed by atoms with van der Waals surface area (Å²) in [5.74, 6) is 3.07. The van der Waals surface area contributed by atoms with E-state index in [4.69, 9.17) is 0 Å². The van der Waals surface area contributed by atoms with Gasteiger partial charge in [-0.1, -0.05) is 20.8 Å². The van der Waals surface area contributed by atoms with Gasteiger partial charge in [-0.15, -0.1) is 0 Å². The Hall–Kier alpha value is 0.890. The fraction of sp³-hybridized carbons (Fsp3) is 0.933. The fourth-order valence-corrected chi connectivity index (χ4v) is 3.38. The summed E-state index contributed by atoms with van der Waals surface area (Å²) in [5.41, 5.74) is 0.464. The molecule has 2 unspecified atom stereocenters. The number of carbonyl (C=O) groups is 1. The minimum atomic E-state index is 0. The molecule has 2 rings (SSSR count). The quantitative estimate of drug-likeness (QED) is 0.744. The summed E-state index contributed by atoms with van der Waals surface area (Å²) in [7, 11) is 0. The summed E-state index contributed by atoms with van der Waals surface area (Å²) in [5, 5.41) is 0. The van der Waals surface area contributed by atoms with Gasteiger partial charge >= 0.3 is 0 Å². The molecule has 3 heteroatoms. The standard InChI is InChI=1S/C15H27NO.Ar/c1-5-15(3,4)10-16-8-13-12(14(13)9-16)7-6-11(2)17;/h12-14H,5-10H2,1-4H3;. The smallest absolute Gasteiger partial charge is 0.129 e. The van der Waals surface area contributed by atoms with E-state index in [1.807, 2.05) is 0 Å². The number of fused-ring (bicyclic) bond motifs is 1. The van der Waals surface area contributed by atoms with Crippen molar-refractivity contribution in [3.63, 3.8) is 0 Å². The van der Waals surface area contributed by atoms with Crippen LogP contribution < -0.4 is 0 Å². The van der Waals surface area contributed by atoms with Gasteiger partial charge in [-0.25, -0.2) is 0 Å². The largest absolute Gasteiger partial charge is 0.302 e. The molecule has 2 nitrogen and oxygen atoms in total. The summed E-state index contributed by atoms with van der Waals surface area (Å²) in [6, 6.07) is 0. The van der Waals surface area contributed by atoms with Crippen molar-refractivity contribution in [3.8, 4) is 0 Å². The van der Waals surface area contributed by atoms with E-state index in [0.29, 0.717) is 11.2 Å². The Morgan fingerprint density at radius 1 is 1.28 bits per heavy atom. The molecule has 106 valence electrons. The van der Waals surface area contributed by atoms with Crippen LogP contribution in [0.4, 0.5) is 0 Å². The Bertz CT molecular complexity index is 291. The van der Waals surface area contributed by atoms with Crippen molar-refractivity contribution >= 4 is 5.78 Å². The molecular formula is C15H27ArNO.